The molecule has 0 bridgehead atoms. The molecule has 0 radical (unpaired) electrons. The second-order valence-corrected chi connectivity index (χ2v) is 4.98. The Balaban J connectivity index is 2.04. The van der Waals surface area contributed by atoms with Gasteiger partial charge in [0.1, 0.15) is 5.82 Å². The lowest BCUT2D eigenvalue weighted by Crippen LogP contribution is -2.32. The number of nitrogens with two attached hydrogens (primary N) is 1. The molecule has 0 saturated heterocycles. The normalized spacial score (nSPS) is 15.2. The average Bonchev–Trinajstić information content (AvgIpc) is 2.71. The number of anilines is 1. The van der Waals surface area contributed by atoms with E-state index in [9.17, 15) is 14.0 Å². The number of amides is 2. The number of benzene rings is 2. The second kappa shape index (κ2) is 4.70. The first-order valence-corrected chi connectivity index (χ1v) is 6.52. The van der Waals surface area contributed by atoms with E-state index >= 15 is 0 Å². The summed E-state index contributed by atoms with van der Waals surface area (Å²) in [5.41, 5.74) is 7.15. The zero-order valence-electron chi connectivity index (χ0n) is 11.3. The predicted molar refractivity (Wildman–Crippen MR) is 76.2 cm³/mol. The predicted octanol–water partition coefficient (Wildman–Crippen LogP) is 2.77. The Morgan fingerprint density at radius 1 is 1.10 bits per heavy atom. The van der Waals surface area contributed by atoms with Crippen molar-refractivity contribution in [1.29, 1.82) is 0 Å². The van der Waals surface area contributed by atoms with Gasteiger partial charge in [-0.2, -0.15) is 0 Å². The third-order valence-corrected chi connectivity index (χ3v) is 3.70. The Bertz CT molecular complexity index is 758. The smallest absolute Gasteiger partial charge is 0.264 e. The Morgan fingerprint density at radius 3 is 2.48 bits per heavy atom. The van der Waals surface area contributed by atoms with Crippen molar-refractivity contribution in [2.45, 2.75) is 13.0 Å². The van der Waals surface area contributed by atoms with Crippen LogP contribution in [-0.2, 0) is 0 Å². The van der Waals surface area contributed by atoms with Gasteiger partial charge in [-0.15, -0.1) is 0 Å². The summed E-state index contributed by atoms with van der Waals surface area (Å²) in [7, 11) is 0. The number of carbonyl (C=O) groups is 2. The van der Waals surface area contributed by atoms with E-state index in [1.54, 1.807) is 37.3 Å². The molecule has 1 aliphatic heterocycles. The maximum absolute atomic E-state index is 13.3. The van der Waals surface area contributed by atoms with Crippen LogP contribution in [0.25, 0.3) is 0 Å². The fourth-order valence-corrected chi connectivity index (χ4v) is 2.60. The van der Waals surface area contributed by atoms with Crippen LogP contribution in [-0.4, -0.2) is 16.7 Å². The van der Waals surface area contributed by atoms with Crippen molar-refractivity contribution >= 4 is 17.5 Å². The van der Waals surface area contributed by atoms with E-state index in [-0.39, 0.29) is 11.3 Å². The summed E-state index contributed by atoms with van der Waals surface area (Å²) in [6.45, 7) is 1.69. The van der Waals surface area contributed by atoms with E-state index in [1.807, 2.05) is 0 Å². The maximum Gasteiger partial charge on any atom is 0.264 e. The van der Waals surface area contributed by atoms with Gasteiger partial charge in [-0.1, -0.05) is 18.2 Å². The topological polar surface area (TPSA) is 63.4 Å². The highest BCUT2D eigenvalue weighted by Crippen LogP contribution is 2.33. The third-order valence-electron chi connectivity index (χ3n) is 3.70. The third kappa shape index (κ3) is 1.98. The van der Waals surface area contributed by atoms with Gasteiger partial charge in [0.2, 0.25) is 0 Å². The van der Waals surface area contributed by atoms with Gasteiger partial charge in [-0.3, -0.25) is 14.5 Å². The molecule has 106 valence electrons. The summed E-state index contributed by atoms with van der Waals surface area (Å²) in [5.74, 6) is -1.25. The first-order valence-electron chi connectivity index (χ1n) is 6.52. The zero-order valence-corrected chi connectivity index (χ0v) is 11.3. The van der Waals surface area contributed by atoms with E-state index in [2.05, 4.69) is 0 Å². The fourth-order valence-electron chi connectivity index (χ4n) is 2.60. The molecule has 2 amide bonds. The van der Waals surface area contributed by atoms with Gasteiger partial charge >= 0.3 is 0 Å². The summed E-state index contributed by atoms with van der Waals surface area (Å²) in [5, 5.41) is 0. The number of imide groups is 1. The number of hydrogen-bond donors (Lipinski definition) is 1. The summed E-state index contributed by atoms with van der Waals surface area (Å²) in [4.78, 5) is 26.0. The average molecular weight is 284 g/mol. The van der Waals surface area contributed by atoms with Crippen molar-refractivity contribution in [2.75, 3.05) is 5.73 Å². The van der Waals surface area contributed by atoms with Crippen molar-refractivity contribution in [1.82, 2.24) is 4.90 Å². The van der Waals surface area contributed by atoms with Crippen LogP contribution in [0.3, 0.4) is 0 Å². The molecular formula is C16H13FN2O2. The lowest BCUT2D eigenvalue weighted by molar-refractivity contribution is 0.0595. The lowest BCUT2D eigenvalue weighted by Gasteiger charge is -2.22. The number of carbonyl (C=O) groups excluding carboxylic acids is 2. The van der Waals surface area contributed by atoms with Crippen LogP contribution in [0.4, 0.5) is 10.1 Å². The first-order chi connectivity index (χ1) is 10.0. The van der Waals surface area contributed by atoms with E-state index in [0.29, 0.717) is 11.1 Å². The van der Waals surface area contributed by atoms with Crippen molar-refractivity contribution in [2.24, 2.45) is 0 Å². The molecule has 1 aliphatic rings. The van der Waals surface area contributed by atoms with E-state index in [1.165, 1.54) is 12.1 Å². The Hall–Kier alpha value is -2.69. The molecule has 1 heterocycles. The quantitative estimate of drug-likeness (QED) is 0.681. The number of halogens is 1. The Morgan fingerprint density at radius 2 is 1.81 bits per heavy atom. The van der Waals surface area contributed by atoms with Crippen LogP contribution in [0.1, 0.15) is 39.2 Å². The fraction of sp³-hybridized carbons (Fsp3) is 0.125. The van der Waals surface area contributed by atoms with Gasteiger partial charge < -0.3 is 5.73 Å². The van der Waals surface area contributed by atoms with Gasteiger partial charge in [-0.25, -0.2) is 4.39 Å². The number of fused-ring (bicyclic) bond motifs is 1. The van der Waals surface area contributed by atoms with Crippen molar-refractivity contribution in [3.05, 3.63) is 65.0 Å². The van der Waals surface area contributed by atoms with E-state index in [0.717, 1.165) is 4.90 Å². The van der Waals surface area contributed by atoms with Crippen molar-refractivity contribution < 1.29 is 14.0 Å². The van der Waals surface area contributed by atoms with Crippen molar-refractivity contribution in [3.63, 3.8) is 0 Å². The van der Waals surface area contributed by atoms with Crippen LogP contribution < -0.4 is 5.73 Å². The number of hydrogen-bond acceptors (Lipinski definition) is 3. The molecule has 4 nitrogen and oxygen atoms in total. The summed E-state index contributed by atoms with van der Waals surface area (Å²) in [6.07, 6.45) is 0. The zero-order chi connectivity index (χ0) is 15.1. The molecule has 0 aliphatic carbocycles. The van der Waals surface area contributed by atoms with Crippen LogP contribution in [0.2, 0.25) is 0 Å². The minimum Gasteiger partial charge on any atom is -0.398 e. The molecular weight excluding hydrogens is 271 g/mol. The minimum absolute atomic E-state index is 0.228. The molecule has 0 aromatic heterocycles. The monoisotopic (exact) mass is 284 g/mol. The molecule has 0 saturated carbocycles. The number of nitrogen functional groups attached to an aromatic ring is 1. The molecule has 2 N–H and O–H groups in total. The SMILES string of the molecule is CC(c1cccc(F)c1)N1C(=O)c2cccc(N)c2C1=O. The first kappa shape index (κ1) is 13.3. The van der Waals surface area contributed by atoms with Gasteiger partial charge in [0, 0.05) is 5.69 Å². The number of rotatable bonds is 2. The van der Waals surface area contributed by atoms with Gasteiger partial charge in [0.05, 0.1) is 17.2 Å². The van der Waals surface area contributed by atoms with Crippen molar-refractivity contribution in [3.8, 4) is 0 Å². The molecule has 0 fully saturated rings. The molecule has 21 heavy (non-hydrogen) atoms. The minimum atomic E-state index is -0.563. The van der Waals surface area contributed by atoms with E-state index < -0.39 is 23.7 Å². The lowest BCUT2D eigenvalue weighted by atomic mass is 10.1. The standard InChI is InChI=1S/C16H13FN2O2/c1-9(10-4-2-5-11(17)8-10)19-15(20)12-6-3-7-13(18)14(12)16(19)21/h2-9H,18H2,1H3. The van der Waals surface area contributed by atoms with Crippen LogP contribution in [0.15, 0.2) is 42.5 Å². The van der Waals surface area contributed by atoms with Gasteiger partial charge in [-0.05, 0) is 36.8 Å². The molecule has 1 unspecified atom stereocenters. The van der Waals surface area contributed by atoms with Crippen LogP contribution in [0, 0.1) is 5.82 Å². The highest BCUT2D eigenvalue weighted by molar-refractivity contribution is 6.23. The van der Waals surface area contributed by atoms with Crippen LogP contribution in [0.5, 0.6) is 0 Å². The molecule has 2 aromatic rings. The molecule has 3 rings (SSSR count). The summed E-state index contributed by atoms with van der Waals surface area (Å²) < 4.78 is 13.3. The number of nitrogens with zero attached hydrogens (tertiary/aromatic N) is 1. The largest absolute Gasteiger partial charge is 0.398 e. The van der Waals surface area contributed by atoms with Crippen LogP contribution >= 0.6 is 0 Å². The van der Waals surface area contributed by atoms with E-state index in [4.69, 9.17) is 5.73 Å². The summed E-state index contributed by atoms with van der Waals surface area (Å²) >= 11 is 0. The maximum atomic E-state index is 13.3. The molecule has 0 spiro atoms. The van der Waals surface area contributed by atoms with Gasteiger partial charge in [0.15, 0.2) is 0 Å². The molecule has 5 heteroatoms. The molecule has 2 aromatic carbocycles. The highest BCUT2D eigenvalue weighted by Gasteiger charge is 2.40. The Labute approximate surface area is 121 Å². The highest BCUT2D eigenvalue weighted by atomic mass is 19.1. The Kier molecular flexibility index (Phi) is 2.97. The second-order valence-electron chi connectivity index (χ2n) is 4.98. The summed E-state index contributed by atoms with van der Waals surface area (Å²) in [6, 6.07) is 10.1. The van der Waals surface area contributed by atoms with Gasteiger partial charge in [0.25, 0.3) is 11.8 Å². The molecule has 1 atom stereocenters.